The Bertz CT molecular complexity index is 337. The zero-order valence-corrected chi connectivity index (χ0v) is 26.6. The summed E-state index contributed by atoms with van der Waals surface area (Å²) in [6.07, 6.45) is 31.6. The fourth-order valence-corrected chi connectivity index (χ4v) is 12.6. The molecule has 0 heterocycles. The van der Waals surface area contributed by atoms with Gasteiger partial charge in [0.15, 0.2) is 0 Å². The molecule has 0 aromatic carbocycles. The average Bonchev–Trinajstić information content (AvgIpc) is 2.75. The number of hydrogen-bond acceptors (Lipinski definition) is 0. The van der Waals surface area contributed by atoms with E-state index in [4.69, 9.17) is 33.2 Å². The first kappa shape index (κ1) is 33.3. The van der Waals surface area contributed by atoms with Crippen molar-refractivity contribution in [3.8, 4) is 0 Å². The first-order valence-corrected chi connectivity index (χ1v) is 21.6. The molecular formula is C27H57Cl3Si2. The lowest BCUT2D eigenvalue weighted by Gasteiger charge is -2.17. The van der Waals surface area contributed by atoms with Gasteiger partial charge >= 0.3 is 6.00 Å². The number of halogens is 3. The monoisotopic (exact) mass is 542 g/mol. The van der Waals surface area contributed by atoms with E-state index in [1.54, 1.807) is 0 Å². The minimum atomic E-state index is -2.40. The van der Waals surface area contributed by atoms with Gasteiger partial charge in [0.1, 0.15) is 0 Å². The molecule has 0 fully saturated rings. The van der Waals surface area contributed by atoms with Crippen molar-refractivity contribution in [2.75, 3.05) is 0 Å². The van der Waals surface area contributed by atoms with E-state index in [1.807, 2.05) is 0 Å². The van der Waals surface area contributed by atoms with Crippen LogP contribution >= 0.6 is 33.2 Å². The van der Waals surface area contributed by atoms with Gasteiger partial charge in [0.2, 0.25) is 0 Å². The Morgan fingerprint density at radius 2 is 0.812 bits per heavy atom. The molecule has 5 heteroatoms. The van der Waals surface area contributed by atoms with E-state index in [0.717, 1.165) is 11.6 Å². The lowest BCUT2D eigenvalue weighted by molar-refractivity contribution is 0.517. The molecule has 32 heavy (non-hydrogen) atoms. The lowest BCUT2D eigenvalue weighted by Crippen LogP contribution is -2.12. The molecule has 0 radical (unpaired) electrons. The van der Waals surface area contributed by atoms with E-state index in [2.05, 4.69) is 13.8 Å². The zero-order chi connectivity index (χ0) is 23.8. The summed E-state index contributed by atoms with van der Waals surface area (Å²) in [5.41, 5.74) is 0.999. The standard InChI is InChI=1S/C27H57Cl3Si2/c1-3-5-7-9-11-13-15-17-19-21-23-27(31-25-26-32(28,29)30)24-22-20-18-16-14-12-10-8-6-4-2/h27H,3-26,31H2,1-2H3. The third-order valence-electron chi connectivity index (χ3n) is 7.00. The summed E-state index contributed by atoms with van der Waals surface area (Å²) in [6, 6.07) is -0.252. The van der Waals surface area contributed by atoms with Gasteiger partial charge in [0.25, 0.3) is 0 Å². The molecule has 0 bridgehead atoms. The van der Waals surface area contributed by atoms with Gasteiger partial charge in [-0.05, 0) is 6.04 Å². The van der Waals surface area contributed by atoms with E-state index in [9.17, 15) is 0 Å². The molecule has 0 saturated carbocycles. The Hall–Kier alpha value is 1.30. The molecule has 0 aromatic heterocycles. The highest BCUT2D eigenvalue weighted by Gasteiger charge is 2.24. The second-order valence-electron chi connectivity index (χ2n) is 10.3. The summed E-state index contributed by atoms with van der Waals surface area (Å²) in [5, 5.41) is 0. The van der Waals surface area contributed by atoms with E-state index in [-0.39, 0.29) is 9.52 Å². The van der Waals surface area contributed by atoms with Crippen molar-refractivity contribution in [2.45, 2.75) is 173 Å². The minimum absolute atomic E-state index is 0.0851. The second-order valence-corrected chi connectivity index (χ2v) is 22.0. The van der Waals surface area contributed by atoms with Crippen LogP contribution in [0.1, 0.15) is 155 Å². The van der Waals surface area contributed by atoms with Crippen LogP contribution in [-0.2, 0) is 0 Å². The van der Waals surface area contributed by atoms with Gasteiger partial charge in [-0.2, -0.15) is 0 Å². The van der Waals surface area contributed by atoms with Gasteiger partial charge < -0.3 is 0 Å². The molecule has 0 unspecified atom stereocenters. The van der Waals surface area contributed by atoms with Crippen LogP contribution in [0.2, 0.25) is 17.6 Å². The minimum Gasteiger partial charge on any atom is -0.126 e. The Labute approximate surface area is 220 Å². The second kappa shape index (κ2) is 25.4. The van der Waals surface area contributed by atoms with Crippen molar-refractivity contribution in [2.24, 2.45) is 0 Å². The van der Waals surface area contributed by atoms with Crippen molar-refractivity contribution >= 4 is 48.8 Å². The van der Waals surface area contributed by atoms with E-state index in [0.29, 0.717) is 0 Å². The molecule has 0 nitrogen and oxygen atoms in total. The molecule has 0 aromatic rings. The summed E-state index contributed by atoms with van der Waals surface area (Å²) in [6.45, 7) is 4.60. The van der Waals surface area contributed by atoms with Crippen LogP contribution in [0.25, 0.3) is 0 Å². The van der Waals surface area contributed by atoms with Crippen LogP contribution in [0.5, 0.6) is 0 Å². The maximum atomic E-state index is 6.14. The van der Waals surface area contributed by atoms with E-state index < -0.39 is 6.00 Å². The molecule has 0 atom stereocenters. The number of rotatable bonds is 26. The molecule has 0 aliphatic carbocycles. The molecule has 0 aliphatic rings. The van der Waals surface area contributed by atoms with Crippen molar-refractivity contribution in [3.63, 3.8) is 0 Å². The SMILES string of the molecule is CCCCCCCCCCCCC(CCCCCCCCCCCC)[SiH2]CC[Si](Cl)(Cl)Cl. The van der Waals surface area contributed by atoms with Crippen LogP contribution in [-0.4, -0.2) is 15.5 Å². The van der Waals surface area contributed by atoms with Crippen LogP contribution < -0.4 is 0 Å². The first-order valence-electron chi connectivity index (χ1n) is 14.6. The summed E-state index contributed by atoms with van der Waals surface area (Å²) in [4.78, 5) is 0. The molecule has 0 saturated heterocycles. The zero-order valence-electron chi connectivity index (χ0n) is 21.9. The van der Waals surface area contributed by atoms with Gasteiger partial charge in [-0.1, -0.05) is 167 Å². The van der Waals surface area contributed by atoms with E-state index >= 15 is 0 Å². The average molecular weight is 544 g/mol. The predicted molar refractivity (Wildman–Crippen MR) is 158 cm³/mol. The molecule has 194 valence electrons. The van der Waals surface area contributed by atoms with Gasteiger partial charge in [-0.25, -0.2) is 0 Å². The molecule has 0 N–H and O–H groups in total. The van der Waals surface area contributed by atoms with Crippen molar-refractivity contribution in [3.05, 3.63) is 0 Å². The summed E-state index contributed by atoms with van der Waals surface area (Å²) in [5.74, 6) is 0. The highest BCUT2D eigenvalue weighted by molar-refractivity contribution is 7.64. The predicted octanol–water partition coefficient (Wildman–Crippen LogP) is 11.6. The summed E-state index contributed by atoms with van der Waals surface area (Å²) in [7, 11) is -0.0851. The lowest BCUT2D eigenvalue weighted by atomic mass is 10.0. The van der Waals surface area contributed by atoms with Crippen molar-refractivity contribution in [1.29, 1.82) is 0 Å². The molecule has 0 rings (SSSR count). The van der Waals surface area contributed by atoms with Crippen molar-refractivity contribution < 1.29 is 0 Å². The van der Waals surface area contributed by atoms with Gasteiger partial charge in [-0.3, -0.25) is 0 Å². The topological polar surface area (TPSA) is 0 Å². The highest BCUT2D eigenvalue weighted by Crippen LogP contribution is 2.30. The van der Waals surface area contributed by atoms with Gasteiger partial charge in [0.05, 0.1) is 0 Å². The van der Waals surface area contributed by atoms with Crippen LogP contribution in [0, 0.1) is 0 Å². The fraction of sp³-hybridized carbons (Fsp3) is 1.00. The Kier molecular flexibility index (Phi) is 26.4. The smallest absolute Gasteiger partial charge is 0.126 e. The normalized spacial score (nSPS) is 12.6. The Balaban J connectivity index is 3.81. The molecule has 0 spiro atoms. The third-order valence-corrected chi connectivity index (χ3v) is 12.7. The number of unbranched alkanes of at least 4 members (excludes halogenated alkanes) is 18. The summed E-state index contributed by atoms with van der Waals surface area (Å²) >= 11 is 18.4. The molecule has 0 aliphatic heterocycles. The highest BCUT2D eigenvalue weighted by atomic mass is 35.8. The Morgan fingerprint density at radius 1 is 0.500 bits per heavy atom. The number of hydrogen-bond donors (Lipinski definition) is 0. The first-order chi connectivity index (χ1) is 15.5. The summed E-state index contributed by atoms with van der Waals surface area (Å²) < 4.78 is 0. The largest absolute Gasteiger partial charge is 0.341 e. The van der Waals surface area contributed by atoms with Crippen LogP contribution in [0.15, 0.2) is 0 Å². The molecular weight excluding hydrogens is 487 g/mol. The Morgan fingerprint density at radius 3 is 1.12 bits per heavy atom. The van der Waals surface area contributed by atoms with Crippen LogP contribution in [0.4, 0.5) is 0 Å². The molecule has 0 amide bonds. The van der Waals surface area contributed by atoms with Crippen molar-refractivity contribution in [1.82, 2.24) is 0 Å². The van der Waals surface area contributed by atoms with Gasteiger partial charge in [0, 0.05) is 9.52 Å². The maximum absolute atomic E-state index is 6.14. The van der Waals surface area contributed by atoms with Crippen LogP contribution in [0.3, 0.4) is 0 Å². The van der Waals surface area contributed by atoms with Gasteiger partial charge in [-0.15, -0.1) is 33.2 Å². The fourth-order valence-electron chi connectivity index (χ4n) is 4.87. The third kappa shape index (κ3) is 27.5. The quantitative estimate of drug-likeness (QED) is 0.0577. The van der Waals surface area contributed by atoms with E-state index in [1.165, 1.54) is 147 Å². The maximum Gasteiger partial charge on any atom is 0.341 e.